The van der Waals surface area contributed by atoms with Crippen molar-refractivity contribution < 1.29 is 4.74 Å². The molecule has 90 valence electrons. The van der Waals surface area contributed by atoms with Crippen molar-refractivity contribution in [2.24, 2.45) is 7.05 Å². The van der Waals surface area contributed by atoms with Gasteiger partial charge in [-0.2, -0.15) is 5.10 Å². The van der Waals surface area contributed by atoms with Crippen molar-refractivity contribution in [3.63, 3.8) is 0 Å². The first kappa shape index (κ1) is 11.7. The van der Waals surface area contributed by atoms with Gasteiger partial charge in [-0.3, -0.25) is 4.98 Å². The molecule has 2 heterocycles. The molecule has 0 fully saturated rings. The molecule has 0 aliphatic rings. The van der Waals surface area contributed by atoms with Crippen molar-refractivity contribution in [1.82, 2.24) is 14.8 Å². The molecule has 0 aliphatic heterocycles. The van der Waals surface area contributed by atoms with Crippen LogP contribution in [0.2, 0.25) is 5.02 Å². The minimum Gasteiger partial charge on any atom is -0.436 e. The second kappa shape index (κ2) is 4.63. The number of ether oxygens (including phenoxy) is 1. The Morgan fingerprint density at radius 2 is 2.24 bits per heavy atom. The lowest BCUT2D eigenvalue weighted by Gasteiger charge is -2.06. The fourth-order valence-electron chi connectivity index (χ4n) is 1.52. The minimum absolute atomic E-state index is 0.505. The second-order valence-corrected chi connectivity index (χ2v) is 4.02. The number of nitrogens with zero attached hydrogens (tertiary/aromatic N) is 3. The zero-order valence-corrected chi connectivity index (χ0v) is 10.4. The number of anilines is 1. The van der Waals surface area contributed by atoms with Crippen LogP contribution in [0.25, 0.3) is 0 Å². The molecular weight excluding hydrogens is 240 g/mol. The number of nitrogen functional groups attached to an aromatic ring is 1. The maximum absolute atomic E-state index is 5.94. The van der Waals surface area contributed by atoms with Gasteiger partial charge in [0.25, 0.3) is 0 Å². The SMILES string of the molecule is CCc1nn(C)c(Oc2cncc(Cl)c2)c1N. The van der Waals surface area contributed by atoms with Crippen molar-refractivity contribution in [3.05, 3.63) is 29.2 Å². The molecule has 0 amide bonds. The van der Waals surface area contributed by atoms with Crippen molar-refractivity contribution in [1.29, 1.82) is 0 Å². The zero-order chi connectivity index (χ0) is 12.4. The van der Waals surface area contributed by atoms with E-state index in [4.69, 9.17) is 22.1 Å². The molecule has 0 spiro atoms. The lowest BCUT2D eigenvalue weighted by Crippen LogP contribution is -1.97. The molecule has 5 nitrogen and oxygen atoms in total. The van der Waals surface area contributed by atoms with Crippen LogP contribution >= 0.6 is 11.6 Å². The van der Waals surface area contributed by atoms with E-state index in [1.165, 1.54) is 0 Å². The van der Waals surface area contributed by atoms with Crippen LogP contribution in [-0.2, 0) is 13.5 Å². The standard InChI is InChI=1S/C11H13ClN4O/c1-3-9-10(13)11(16(2)15-9)17-8-4-7(12)5-14-6-8/h4-6H,3,13H2,1-2H3. The Labute approximate surface area is 104 Å². The largest absolute Gasteiger partial charge is 0.436 e. The van der Waals surface area contributed by atoms with Crippen LogP contribution in [0.1, 0.15) is 12.6 Å². The molecule has 2 rings (SSSR count). The molecule has 0 aromatic carbocycles. The van der Waals surface area contributed by atoms with Crippen LogP contribution in [-0.4, -0.2) is 14.8 Å². The molecule has 6 heteroatoms. The third-order valence-corrected chi connectivity index (χ3v) is 2.54. The molecular formula is C11H13ClN4O. The summed E-state index contributed by atoms with van der Waals surface area (Å²) in [6.07, 6.45) is 3.87. The quantitative estimate of drug-likeness (QED) is 0.911. The van der Waals surface area contributed by atoms with Gasteiger partial charge in [0, 0.05) is 19.3 Å². The molecule has 0 radical (unpaired) electrons. The third kappa shape index (κ3) is 2.34. The predicted octanol–water partition coefficient (Wildman–Crippen LogP) is 2.41. The average molecular weight is 253 g/mol. The third-order valence-electron chi connectivity index (χ3n) is 2.34. The Morgan fingerprint density at radius 1 is 1.47 bits per heavy atom. The highest BCUT2D eigenvalue weighted by atomic mass is 35.5. The molecule has 0 aliphatic carbocycles. The van der Waals surface area contributed by atoms with E-state index in [-0.39, 0.29) is 0 Å². The van der Waals surface area contributed by atoms with E-state index in [1.807, 2.05) is 6.92 Å². The smallest absolute Gasteiger partial charge is 0.241 e. The molecule has 0 saturated carbocycles. The van der Waals surface area contributed by atoms with Crippen molar-refractivity contribution in [2.75, 3.05) is 5.73 Å². The summed E-state index contributed by atoms with van der Waals surface area (Å²) in [4.78, 5) is 3.94. The average Bonchev–Trinajstić information content (AvgIpc) is 2.56. The first-order valence-electron chi connectivity index (χ1n) is 5.21. The highest BCUT2D eigenvalue weighted by Gasteiger charge is 2.14. The Kier molecular flexibility index (Phi) is 3.19. The monoisotopic (exact) mass is 252 g/mol. The number of nitrogens with two attached hydrogens (primary N) is 1. The Balaban J connectivity index is 2.33. The molecule has 0 atom stereocenters. The maximum atomic E-state index is 5.94. The summed E-state index contributed by atoms with van der Waals surface area (Å²) in [7, 11) is 1.78. The molecule has 0 saturated heterocycles. The van der Waals surface area contributed by atoms with Crippen LogP contribution in [0.15, 0.2) is 18.5 Å². The van der Waals surface area contributed by atoms with Gasteiger partial charge < -0.3 is 10.5 Å². The lowest BCUT2D eigenvalue weighted by molar-refractivity contribution is 0.431. The van der Waals surface area contributed by atoms with Gasteiger partial charge in [-0.05, 0) is 6.42 Å². The molecule has 0 bridgehead atoms. The van der Waals surface area contributed by atoms with Crippen LogP contribution in [0.3, 0.4) is 0 Å². The van der Waals surface area contributed by atoms with Crippen molar-refractivity contribution in [3.8, 4) is 11.6 Å². The second-order valence-electron chi connectivity index (χ2n) is 3.58. The van der Waals surface area contributed by atoms with Gasteiger partial charge in [0.2, 0.25) is 5.88 Å². The normalized spacial score (nSPS) is 10.5. The van der Waals surface area contributed by atoms with E-state index in [0.717, 1.165) is 12.1 Å². The lowest BCUT2D eigenvalue weighted by atomic mass is 10.3. The molecule has 2 aromatic heterocycles. The van der Waals surface area contributed by atoms with Gasteiger partial charge in [0.15, 0.2) is 0 Å². The Bertz CT molecular complexity index is 538. The van der Waals surface area contributed by atoms with E-state index < -0.39 is 0 Å². The summed E-state index contributed by atoms with van der Waals surface area (Å²) in [5.74, 6) is 1.04. The fourth-order valence-corrected chi connectivity index (χ4v) is 1.68. The first-order chi connectivity index (χ1) is 8.11. The van der Waals surface area contributed by atoms with Crippen molar-refractivity contribution >= 4 is 17.3 Å². The topological polar surface area (TPSA) is 66.0 Å². The number of aromatic nitrogens is 3. The fraction of sp³-hybridized carbons (Fsp3) is 0.273. The van der Waals surface area contributed by atoms with Crippen LogP contribution < -0.4 is 10.5 Å². The number of hydrogen-bond acceptors (Lipinski definition) is 4. The van der Waals surface area contributed by atoms with Gasteiger partial charge in [-0.1, -0.05) is 18.5 Å². The van der Waals surface area contributed by atoms with Gasteiger partial charge >= 0.3 is 0 Å². The summed E-state index contributed by atoms with van der Waals surface area (Å²) >= 11 is 5.83. The van der Waals surface area contributed by atoms with Crippen molar-refractivity contribution in [2.45, 2.75) is 13.3 Å². The number of aryl methyl sites for hydroxylation is 2. The predicted molar refractivity (Wildman–Crippen MR) is 66.3 cm³/mol. The van der Waals surface area contributed by atoms with Gasteiger partial charge in [0.1, 0.15) is 11.4 Å². The number of halogens is 1. The van der Waals surface area contributed by atoms with E-state index in [0.29, 0.717) is 22.3 Å². The summed E-state index contributed by atoms with van der Waals surface area (Å²) < 4.78 is 7.24. The molecule has 17 heavy (non-hydrogen) atoms. The van der Waals surface area contributed by atoms with E-state index in [9.17, 15) is 0 Å². The summed E-state index contributed by atoms with van der Waals surface area (Å²) in [5, 5.41) is 4.77. The number of pyridine rings is 1. The number of hydrogen-bond donors (Lipinski definition) is 1. The molecule has 2 N–H and O–H groups in total. The van der Waals surface area contributed by atoms with Crippen LogP contribution in [0, 0.1) is 0 Å². The van der Waals surface area contributed by atoms with Gasteiger partial charge in [-0.25, -0.2) is 4.68 Å². The van der Waals surface area contributed by atoms with E-state index in [2.05, 4.69) is 10.1 Å². The minimum atomic E-state index is 0.505. The first-order valence-corrected chi connectivity index (χ1v) is 5.59. The van der Waals surface area contributed by atoms with E-state index >= 15 is 0 Å². The van der Waals surface area contributed by atoms with Gasteiger partial charge in [-0.15, -0.1) is 0 Å². The summed E-state index contributed by atoms with van der Waals surface area (Å²) in [5.41, 5.74) is 7.31. The summed E-state index contributed by atoms with van der Waals surface area (Å²) in [6.45, 7) is 1.99. The zero-order valence-electron chi connectivity index (χ0n) is 9.64. The Morgan fingerprint density at radius 3 is 2.82 bits per heavy atom. The maximum Gasteiger partial charge on any atom is 0.241 e. The highest BCUT2D eigenvalue weighted by molar-refractivity contribution is 6.30. The Hall–Kier alpha value is -1.75. The highest BCUT2D eigenvalue weighted by Crippen LogP contribution is 2.30. The summed E-state index contributed by atoms with van der Waals surface area (Å²) in [6, 6.07) is 1.67. The molecule has 2 aromatic rings. The van der Waals surface area contributed by atoms with Crippen LogP contribution in [0.4, 0.5) is 5.69 Å². The molecule has 0 unspecified atom stereocenters. The van der Waals surface area contributed by atoms with Gasteiger partial charge in [0.05, 0.1) is 16.9 Å². The van der Waals surface area contributed by atoms with E-state index in [1.54, 1.807) is 30.2 Å². The number of rotatable bonds is 3. The van der Waals surface area contributed by atoms with Crippen LogP contribution in [0.5, 0.6) is 11.6 Å².